The lowest BCUT2D eigenvalue weighted by Gasteiger charge is -2.27. The van der Waals surface area contributed by atoms with Gasteiger partial charge < -0.3 is 28.2 Å². The summed E-state index contributed by atoms with van der Waals surface area (Å²) in [6.45, 7) is 5.73. The molecule has 0 aliphatic heterocycles. The molecule has 0 rings (SSSR count). The first-order chi connectivity index (χ1) is 8.74. The molecule has 0 heterocycles. The average Bonchev–Trinajstić information content (AvgIpc) is 2.39. The third-order valence-corrected chi connectivity index (χ3v) is 5.17. The van der Waals surface area contributed by atoms with Crippen molar-refractivity contribution in [3.8, 4) is 0 Å². The summed E-state index contributed by atoms with van der Waals surface area (Å²) in [5, 5.41) is 8.61. The maximum atomic E-state index is 8.61. The first-order valence-corrected chi connectivity index (χ1v) is 7.92. The lowest BCUT2D eigenvalue weighted by Crippen LogP contribution is -2.43. The Labute approximate surface area is 110 Å². The summed E-state index contributed by atoms with van der Waals surface area (Å²) in [5.74, 6) is 0. The molecule has 0 amide bonds. The van der Waals surface area contributed by atoms with Crippen LogP contribution in [-0.4, -0.2) is 67.7 Å². The van der Waals surface area contributed by atoms with Gasteiger partial charge in [-0.1, -0.05) is 0 Å². The Bertz CT molecular complexity index is 175. The molecule has 0 unspecified atom stereocenters. The van der Waals surface area contributed by atoms with Gasteiger partial charge >= 0.3 is 8.56 Å². The summed E-state index contributed by atoms with van der Waals surface area (Å²) < 4.78 is 26.4. The van der Waals surface area contributed by atoms with Crippen LogP contribution in [0.5, 0.6) is 0 Å². The molecular weight excluding hydrogens is 256 g/mol. The third-order valence-electron chi connectivity index (χ3n) is 2.26. The van der Waals surface area contributed by atoms with Crippen LogP contribution in [0.1, 0.15) is 0 Å². The largest absolute Gasteiger partial charge is 0.389 e. The van der Waals surface area contributed by atoms with E-state index in [4.69, 9.17) is 28.2 Å². The van der Waals surface area contributed by atoms with Crippen molar-refractivity contribution in [1.82, 2.24) is 0 Å². The lowest BCUT2D eigenvalue weighted by molar-refractivity contribution is 0.00118. The molecule has 0 radical (unpaired) electrons. The summed E-state index contributed by atoms with van der Waals surface area (Å²) in [6, 6.07) is 0.574. The Balaban J connectivity index is 4.25. The standard InChI is InChI=1S/C11H24O6Si/c1-4-18(10-9-15-11-12,16-7-5-13-2)17-8-6-14-3/h4,12H,1,5-11H2,2-3H3. The van der Waals surface area contributed by atoms with Crippen LogP contribution in [0.3, 0.4) is 0 Å². The molecule has 0 atom stereocenters. The van der Waals surface area contributed by atoms with Crippen molar-refractivity contribution in [2.45, 2.75) is 6.04 Å². The number of ether oxygens (including phenoxy) is 3. The molecular formula is C11H24O6Si. The zero-order valence-corrected chi connectivity index (χ0v) is 12.2. The van der Waals surface area contributed by atoms with Crippen LogP contribution in [0.15, 0.2) is 12.3 Å². The van der Waals surface area contributed by atoms with Gasteiger partial charge in [-0.3, -0.25) is 0 Å². The van der Waals surface area contributed by atoms with Crippen molar-refractivity contribution in [2.75, 3.05) is 54.0 Å². The number of aliphatic hydroxyl groups is 1. The highest BCUT2D eigenvalue weighted by Gasteiger charge is 2.34. The molecule has 0 aromatic rings. The van der Waals surface area contributed by atoms with Crippen LogP contribution in [0.4, 0.5) is 0 Å². The normalized spacial score (nSPS) is 11.7. The van der Waals surface area contributed by atoms with Gasteiger partial charge in [0.05, 0.1) is 33.0 Å². The van der Waals surface area contributed by atoms with Crippen molar-refractivity contribution in [2.24, 2.45) is 0 Å². The second-order valence-corrected chi connectivity index (χ2v) is 6.60. The van der Waals surface area contributed by atoms with E-state index in [0.29, 0.717) is 39.1 Å². The van der Waals surface area contributed by atoms with Crippen LogP contribution in [-0.2, 0) is 23.1 Å². The van der Waals surface area contributed by atoms with Crippen LogP contribution in [0, 0.1) is 0 Å². The monoisotopic (exact) mass is 280 g/mol. The molecule has 0 spiro atoms. The van der Waals surface area contributed by atoms with Crippen molar-refractivity contribution < 1.29 is 28.2 Å². The summed E-state index contributed by atoms with van der Waals surface area (Å²) in [5.41, 5.74) is 1.72. The Kier molecular flexibility index (Phi) is 11.6. The van der Waals surface area contributed by atoms with E-state index in [0.717, 1.165) is 0 Å². The predicted octanol–water partition coefficient (Wildman–Crippen LogP) is 0.446. The highest BCUT2D eigenvalue weighted by Crippen LogP contribution is 2.15. The van der Waals surface area contributed by atoms with Gasteiger partial charge in [0.15, 0.2) is 0 Å². The van der Waals surface area contributed by atoms with E-state index in [1.165, 1.54) is 0 Å². The molecule has 0 bridgehead atoms. The van der Waals surface area contributed by atoms with Crippen LogP contribution in [0.2, 0.25) is 6.04 Å². The van der Waals surface area contributed by atoms with Crippen molar-refractivity contribution in [3.63, 3.8) is 0 Å². The summed E-state index contributed by atoms with van der Waals surface area (Å²) in [7, 11) is 0.711. The molecule has 0 aromatic carbocycles. The Morgan fingerprint density at radius 3 is 1.94 bits per heavy atom. The van der Waals surface area contributed by atoms with Gasteiger partial charge in [-0.2, -0.15) is 0 Å². The molecule has 0 aliphatic carbocycles. The second kappa shape index (κ2) is 11.8. The average molecular weight is 280 g/mol. The van der Waals surface area contributed by atoms with Crippen LogP contribution < -0.4 is 0 Å². The molecule has 0 saturated heterocycles. The molecule has 6 nitrogen and oxygen atoms in total. The number of aliphatic hydroxyl groups excluding tert-OH is 1. The van der Waals surface area contributed by atoms with E-state index in [-0.39, 0.29) is 6.79 Å². The fraction of sp³-hybridized carbons (Fsp3) is 0.818. The van der Waals surface area contributed by atoms with Crippen molar-refractivity contribution >= 4 is 8.56 Å². The number of rotatable bonds is 13. The minimum Gasteiger partial charge on any atom is -0.389 e. The van der Waals surface area contributed by atoms with Crippen LogP contribution in [0.25, 0.3) is 0 Å². The quantitative estimate of drug-likeness (QED) is 0.300. The maximum absolute atomic E-state index is 8.61. The smallest absolute Gasteiger partial charge is 0.366 e. The molecule has 108 valence electrons. The maximum Gasteiger partial charge on any atom is 0.366 e. The molecule has 0 fully saturated rings. The first kappa shape index (κ1) is 17.7. The molecule has 18 heavy (non-hydrogen) atoms. The van der Waals surface area contributed by atoms with Gasteiger partial charge in [0.1, 0.15) is 6.79 Å². The van der Waals surface area contributed by atoms with Gasteiger partial charge in [-0.25, -0.2) is 0 Å². The molecule has 0 aromatic heterocycles. The van der Waals surface area contributed by atoms with E-state index in [9.17, 15) is 0 Å². The lowest BCUT2D eigenvalue weighted by atomic mass is 10.8. The van der Waals surface area contributed by atoms with Gasteiger partial charge in [-0.05, 0) is 5.70 Å². The third kappa shape index (κ3) is 7.93. The summed E-state index contributed by atoms with van der Waals surface area (Å²) in [6.07, 6.45) is 0. The minimum absolute atomic E-state index is 0.308. The SMILES string of the molecule is C=C[Si](CCOCO)(OCCOC)OCCOC. The van der Waals surface area contributed by atoms with E-state index in [1.54, 1.807) is 19.9 Å². The van der Waals surface area contributed by atoms with E-state index < -0.39 is 8.56 Å². The van der Waals surface area contributed by atoms with Gasteiger partial charge in [0, 0.05) is 20.3 Å². The molecule has 0 aliphatic rings. The van der Waals surface area contributed by atoms with Gasteiger partial charge in [0.25, 0.3) is 0 Å². The predicted molar refractivity (Wildman–Crippen MR) is 69.5 cm³/mol. The van der Waals surface area contributed by atoms with Gasteiger partial charge in [0.2, 0.25) is 0 Å². The Hall–Kier alpha value is -0.283. The molecule has 1 N–H and O–H groups in total. The van der Waals surface area contributed by atoms with E-state index >= 15 is 0 Å². The number of hydrogen-bond acceptors (Lipinski definition) is 6. The summed E-state index contributed by atoms with van der Waals surface area (Å²) >= 11 is 0. The number of hydrogen-bond donors (Lipinski definition) is 1. The Morgan fingerprint density at radius 2 is 1.56 bits per heavy atom. The number of methoxy groups -OCH3 is 2. The highest BCUT2D eigenvalue weighted by atomic mass is 28.4. The fourth-order valence-electron chi connectivity index (χ4n) is 1.28. The highest BCUT2D eigenvalue weighted by molar-refractivity contribution is 6.72. The van der Waals surface area contributed by atoms with E-state index in [2.05, 4.69) is 6.58 Å². The second-order valence-electron chi connectivity index (χ2n) is 3.49. The van der Waals surface area contributed by atoms with Crippen molar-refractivity contribution in [3.05, 3.63) is 12.3 Å². The topological polar surface area (TPSA) is 66.4 Å². The van der Waals surface area contributed by atoms with E-state index in [1.807, 2.05) is 0 Å². The zero-order chi connectivity index (χ0) is 13.7. The van der Waals surface area contributed by atoms with Crippen molar-refractivity contribution in [1.29, 1.82) is 0 Å². The Morgan fingerprint density at radius 1 is 1.00 bits per heavy atom. The molecule has 0 saturated carbocycles. The first-order valence-electron chi connectivity index (χ1n) is 5.82. The van der Waals surface area contributed by atoms with Gasteiger partial charge in [-0.15, -0.1) is 6.58 Å². The molecule has 7 heteroatoms. The minimum atomic E-state index is -2.51. The van der Waals surface area contributed by atoms with Crippen LogP contribution >= 0.6 is 0 Å². The zero-order valence-electron chi connectivity index (χ0n) is 11.2. The fourth-order valence-corrected chi connectivity index (χ4v) is 3.38. The summed E-state index contributed by atoms with van der Waals surface area (Å²) in [4.78, 5) is 0.